The van der Waals surface area contributed by atoms with Gasteiger partial charge in [0.25, 0.3) is 0 Å². The molecule has 174 valence electrons. The Hall–Kier alpha value is -2.61. The number of hydrogen-bond acceptors (Lipinski definition) is 4. The second-order valence-corrected chi connectivity index (χ2v) is 10.2. The van der Waals surface area contributed by atoms with E-state index in [0.29, 0.717) is 27.4 Å². The van der Waals surface area contributed by atoms with Crippen molar-refractivity contribution in [2.75, 3.05) is 0 Å². The lowest BCUT2D eigenvalue weighted by atomic mass is 10.1. The fourth-order valence-corrected chi connectivity index (χ4v) is 5.66. The van der Waals surface area contributed by atoms with Crippen molar-refractivity contribution in [1.29, 1.82) is 5.26 Å². The summed E-state index contributed by atoms with van der Waals surface area (Å²) in [5.74, 6) is 0. The quantitative estimate of drug-likeness (QED) is 0.467. The number of rotatable bonds is 5. The minimum atomic E-state index is -4.70. The van der Waals surface area contributed by atoms with E-state index in [1.54, 1.807) is 17.0 Å². The molecule has 1 atom stereocenters. The normalized spacial score (nSPS) is 16.2. The SMILES string of the molecule is CC(NS(=O)(=O)c1ccc(-c2c(C#N)c3cnc(Cl)cc3n2C2CCCC2)cc1)C(F)(F)F. The smallest absolute Gasteiger partial charge is 0.336 e. The van der Waals surface area contributed by atoms with Crippen LogP contribution in [0.5, 0.6) is 0 Å². The van der Waals surface area contributed by atoms with Crippen LogP contribution in [0.15, 0.2) is 41.4 Å². The average Bonchev–Trinajstić information content (AvgIpc) is 3.38. The number of alkyl halides is 3. The average molecular weight is 497 g/mol. The molecule has 3 aromatic rings. The highest BCUT2D eigenvalue weighted by Crippen LogP contribution is 2.41. The number of nitrogens with zero attached hydrogens (tertiary/aromatic N) is 3. The lowest BCUT2D eigenvalue weighted by molar-refractivity contribution is -0.147. The highest BCUT2D eigenvalue weighted by atomic mass is 35.5. The van der Waals surface area contributed by atoms with E-state index in [4.69, 9.17) is 11.6 Å². The van der Waals surface area contributed by atoms with Crippen molar-refractivity contribution in [3.05, 3.63) is 47.2 Å². The first-order valence-corrected chi connectivity index (χ1v) is 12.2. The fourth-order valence-electron chi connectivity index (χ4n) is 4.28. The molecule has 1 saturated carbocycles. The van der Waals surface area contributed by atoms with Gasteiger partial charge < -0.3 is 4.57 Å². The number of sulfonamides is 1. The topological polar surface area (TPSA) is 87.8 Å². The van der Waals surface area contributed by atoms with Crippen LogP contribution in [0.25, 0.3) is 22.2 Å². The fraction of sp³-hybridized carbons (Fsp3) is 0.364. The van der Waals surface area contributed by atoms with Crippen molar-refractivity contribution >= 4 is 32.5 Å². The van der Waals surface area contributed by atoms with E-state index in [9.17, 15) is 26.9 Å². The molecule has 4 rings (SSSR count). The third kappa shape index (κ3) is 4.45. The van der Waals surface area contributed by atoms with Gasteiger partial charge in [0, 0.05) is 17.6 Å². The molecule has 2 heterocycles. The molecular weight excluding hydrogens is 477 g/mol. The Balaban J connectivity index is 1.81. The van der Waals surface area contributed by atoms with Gasteiger partial charge in [0.2, 0.25) is 10.0 Å². The van der Waals surface area contributed by atoms with Gasteiger partial charge in [-0.25, -0.2) is 13.4 Å². The number of nitriles is 1. The molecule has 0 aliphatic heterocycles. The summed E-state index contributed by atoms with van der Waals surface area (Å²) in [4.78, 5) is 3.81. The molecular formula is C22H20ClF3N4O2S. The third-order valence-corrected chi connectivity index (χ3v) is 7.68. The van der Waals surface area contributed by atoms with Gasteiger partial charge in [-0.05, 0) is 43.5 Å². The van der Waals surface area contributed by atoms with Crippen molar-refractivity contribution < 1.29 is 21.6 Å². The van der Waals surface area contributed by atoms with E-state index in [1.807, 2.05) is 0 Å². The molecule has 0 bridgehead atoms. The van der Waals surface area contributed by atoms with Crippen molar-refractivity contribution in [2.45, 2.75) is 55.8 Å². The third-order valence-electron chi connectivity index (χ3n) is 5.92. The zero-order chi connectivity index (χ0) is 24.0. The van der Waals surface area contributed by atoms with Crippen LogP contribution in [-0.4, -0.2) is 30.2 Å². The van der Waals surface area contributed by atoms with Crippen LogP contribution < -0.4 is 4.72 Å². The van der Waals surface area contributed by atoms with Gasteiger partial charge >= 0.3 is 6.18 Å². The number of aromatic nitrogens is 2. The molecule has 2 aromatic heterocycles. The molecule has 0 amide bonds. The monoisotopic (exact) mass is 496 g/mol. The van der Waals surface area contributed by atoms with Gasteiger partial charge in [0.15, 0.2) is 0 Å². The maximum absolute atomic E-state index is 12.8. The highest BCUT2D eigenvalue weighted by molar-refractivity contribution is 7.89. The van der Waals surface area contributed by atoms with E-state index in [0.717, 1.165) is 38.1 Å². The number of halogens is 4. The molecule has 6 nitrogen and oxygen atoms in total. The van der Waals surface area contributed by atoms with Crippen LogP contribution >= 0.6 is 11.6 Å². The van der Waals surface area contributed by atoms with Crippen LogP contribution in [-0.2, 0) is 10.0 Å². The summed E-state index contributed by atoms with van der Waals surface area (Å²) >= 11 is 6.13. The second-order valence-electron chi connectivity index (χ2n) is 8.08. The molecule has 1 aliphatic rings. The minimum absolute atomic E-state index is 0.140. The Bertz CT molecular complexity index is 1340. The lowest BCUT2D eigenvalue weighted by Crippen LogP contribution is -2.42. The van der Waals surface area contributed by atoms with E-state index in [-0.39, 0.29) is 10.9 Å². The number of pyridine rings is 1. The summed E-state index contributed by atoms with van der Waals surface area (Å²) in [6.07, 6.45) is 0.786. The van der Waals surface area contributed by atoms with Gasteiger partial charge in [-0.3, -0.25) is 0 Å². The Labute approximate surface area is 194 Å². The van der Waals surface area contributed by atoms with Crippen LogP contribution in [0.2, 0.25) is 5.15 Å². The van der Waals surface area contributed by atoms with Crippen LogP contribution in [0.1, 0.15) is 44.2 Å². The largest absolute Gasteiger partial charge is 0.404 e. The van der Waals surface area contributed by atoms with Crippen LogP contribution in [0, 0.1) is 11.3 Å². The summed E-state index contributed by atoms with van der Waals surface area (Å²) in [7, 11) is -4.38. The van der Waals surface area contributed by atoms with Gasteiger partial charge in [-0.15, -0.1) is 0 Å². The van der Waals surface area contributed by atoms with Gasteiger partial charge in [-0.2, -0.15) is 23.2 Å². The molecule has 0 radical (unpaired) electrons. The van der Waals surface area contributed by atoms with Crippen molar-refractivity contribution in [1.82, 2.24) is 14.3 Å². The van der Waals surface area contributed by atoms with Crippen LogP contribution in [0.4, 0.5) is 13.2 Å². The molecule has 11 heteroatoms. The molecule has 1 unspecified atom stereocenters. The molecule has 1 aromatic carbocycles. The number of benzene rings is 1. The highest BCUT2D eigenvalue weighted by Gasteiger charge is 2.39. The van der Waals surface area contributed by atoms with Crippen molar-refractivity contribution in [3.8, 4) is 17.3 Å². The number of fused-ring (bicyclic) bond motifs is 1. The summed E-state index contributed by atoms with van der Waals surface area (Å²) in [5, 5.41) is 10.9. The number of nitrogens with one attached hydrogen (secondary N) is 1. The molecule has 1 fully saturated rings. The van der Waals surface area contributed by atoms with Gasteiger partial charge in [0.1, 0.15) is 17.3 Å². The maximum Gasteiger partial charge on any atom is 0.404 e. The Morgan fingerprint density at radius 3 is 2.45 bits per heavy atom. The molecule has 33 heavy (non-hydrogen) atoms. The predicted octanol–water partition coefficient (Wildman–Crippen LogP) is 5.57. The Morgan fingerprint density at radius 1 is 1.24 bits per heavy atom. The minimum Gasteiger partial charge on any atom is -0.336 e. The molecule has 0 saturated heterocycles. The van der Waals surface area contributed by atoms with Crippen molar-refractivity contribution in [3.63, 3.8) is 0 Å². The standard InChI is InChI=1S/C22H20ClF3N4O2S/c1-13(22(24,25)26)29-33(31,32)16-8-6-14(7-9-16)21-17(11-27)18-12-28-20(23)10-19(18)30(21)15-4-2-3-5-15/h6-10,12-13,15,29H,2-5H2,1H3. The zero-order valence-electron chi connectivity index (χ0n) is 17.5. The lowest BCUT2D eigenvalue weighted by Gasteiger charge is -2.19. The summed E-state index contributed by atoms with van der Waals surface area (Å²) in [6.45, 7) is 0.740. The molecule has 0 spiro atoms. The van der Waals surface area contributed by atoms with Gasteiger partial charge in [0.05, 0.1) is 21.7 Å². The summed E-state index contributed by atoms with van der Waals surface area (Å²) in [6, 6.07) is 7.33. The number of hydrogen-bond donors (Lipinski definition) is 1. The summed E-state index contributed by atoms with van der Waals surface area (Å²) < 4.78 is 67.0. The van der Waals surface area contributed by atoms with E-state index < -0.39 is 22.2 Å². The van der Waals surface area contributed by atoms with Crippen LogP contribution in [0.3, 0.4) is 0 Å². The van der Waals surface area contributed by atoms with E-state index in [1.165, 1.54) is 24.3 Å². The predicted molar refractivity (Wildman–Crippen MR) is 118 cm³/mol. The zero-order valence-corrected chi connectivity index (χ0v) is 19.1. The second kappa shape index (κ2) is 8.63. The first-order chi connectivity index (χ1) is 15.5. The van der Waals surface area contributed by atoms with E-state index in [2.05, 4.69) is 15.6 Å². The maximum atomic E-state index is 12.8. The van der Waals surface area contributed by atoms with Crippen molar-refractivity contribution in [2.24, 2.45) is 0 Å². The Morgan fingerprint density at radius 2 is 1.88 bits per heavy atom. The first kappa shape index (κ1) is 23.5. The molecule has 1 N–H and O–H groups in total. The van der Waals surface area contributed by atoms with E-state index >= 15 is 0 Å². The summed E-state index contributed by atoms with van der Waals surface area (Å²) in [5.41, 5.74) is 2.35. The Kier molecular flexibility index (Phi) is 6.16. The molecule has 1 aliphatic carbocycles. The first-order valence-electron chi connectivity index (χ1n) is 10.3. The van der Waals surface area contributed by atoms with Gasteiger partial charge in [-0.1, -0.05) is 36.6 Å².